The molecule has 1 unspecified atom stereocenters. The van der Waals surface area contributed by atoms with E-state index in [1.165, 1.54) is 24.3 Å². The second kappa shape index (κ2) is 6.54. The lowest BCUT2D eigenvalue weighted by atomic mass is 9.87. The van der Waals surface area contributed by atoms with Gasteiger partial charge in [0.1, 0.15) is 0 Å². The Labute approximate surface area is 165 Å². The molecule has 0 aromatic heterocycles. The molecule has 1 aliphatic heterocycles. The van der Waals surface area contributed by atoms with E-state index in [2.05, 4.69) is 10.0 Å². The maximum absolute atomic E-state index is 12.9. The standard InChI is InChI=1S/C19H19F3N2O4S/c1-17(2,3)24-29(27,28)13-7-4-11(5-8-13)18(26)14-9-6-12(19(20,21)22)10-15(14)23-16(18)25/h4-10,24,26H,1-3H3,(H,23,25). The summed E-state index contributed by atoms with van der Waals surface area (Å²) in [7, 11) is -3.83. The highest BCUT2D eigenvalue weighted by atomic mass is 32.2. The first-order valence-electron chi connectivity index (χ1n) is 8.55. The molecule has 0 bridgehead atoms. The number of carbonyl (C=O) groups excluding carboxylic acids is 1. The largest absolute Gasteiger partial charge is 0.416 e. The van der Waals surface area contributed by atoms with Gasteiger partial charge >= 0.3 is 6.18 Å². The average molecular weight is 428 g/mol. The molecule has 3 rings (SSSR count). The number of alkyl halides is 3. The molecule has 6 nitrogen and oxygen atoms in total. The van der Waals surface area contributed by atoms with Gasteiger partial charge in [-0.05, 0) is 50.6 Å². The zero-order valence-corrected chi connectivity index (χ0v) is 16.6. The van der Waals surface area contributed by atoms with E-state index >= 15 is 0 Å². The van der Waals surface area contributed by atoms with Crippen LogP contribution in [0.2, 0.25) is 0 Å². The number of halogens is 3. The van der Waals surface area contributed by atoms with Crippen molar-refractivity contribution in [3.63, 3.8) is 0 Å². The summed E-state index contributed by atoms with van der Waals surface area (Å²) in [5.41, 5.74) is -4.08. The minimum absolute atomic E-state index is 0.0308. The fraction of sp³-hybridized carbons (Fsp3) is 0.316. The third-order valence-corrected chi connectivity index (χ3v) is 6.11. The van der Waals surface area contributed by atoms with Crippen molar-refractivity contribution in [1.82, 2.24) is 4.72 Å². The van der Waals surface area contributed by atoms with E-state index in [9.17, 15) is 31.5 Å². The van der Waals surface area contributed by atoms with Crippen LogP contribution in [0.1, 0.15) is 37.5 Å². The molecule has 156 valence electrons. The summed E-state index contributed by atoms with van der Waals surface area (Å²) < 4.78 is 66.0. The molecule has 0 saturated carbocycles. The van der Waals surface area contributed by atoms with Crippen molar-refractivity contribution in [1.29, 1.82) is 0 Å². The van der Waals surface area contributed by atoms with Gasteiger partial charge < -0.3 is 10.4 Å². The number of sulfonamides is 1. The topological polar surface area (TPSA) is 95.5 Å². The first-order chi connectivity index (χ1) is 13.1. The first kappa shape index (κ1) is 21.3. The van der Waals surface area contributed by atoms with Crippen molar-refractivity contribution in [2.75, 3.05) is 5.32 Å². The number of amides is 1. The van der Waals surface area contributed by atoms with Crippen LogP contribution in [-0.2, 0) is 26.6 Å². The zero-order valence-electron chi connectivity index (χ0n) is 15.8. The zero-order chi connectivity index (χ0) is 21.8. The van der Waals surface area contributed by atoms with Crippen LogP contribution in [0.15, 0.2) is 47.4 Å². The van der Waals surface area contributed by atoms with Gasteiger partial charge in [-0.2, -0.15) is 13.2 Å². The third kappa shape index (κ3) is 3.87. The molecule has 0 spiro atoms. The van der Waals surface area contributed by atoms with Gasteiger partial charge in [-0.1, -0.05) is 18.2 Å². The number of benzene rings is 2. The van der Waals surface area contributed by atoms with Crippen LogP contribution in [-0.4, -0.2) is 25.0 Å². The smallest absolute Gasteiger partial charge is 0.372 e. The molecular weight excluding hydrogens is 409 g/mol. The van der Waals surface area contributed by atoms with E-state index in [0.717, 1.165) is 18.2 Å². The Morgan fingerprint density at radius 1 is 1.03 bits per heavy atom. The van der Waals surface area contributed by atoms with Crippen LogP contribution in [0, 0.1) is 0 Å². The second-order valence-electron chi connectivity index (χ2n) is 7.80. The summed E-state index contributed by atoms with van der Waals surface area (Å²) in [5.74, 6) is -0.921. The molecule has 0 saturated heterocycles. The summed E-state index contributed by atoms with van der Waals surface area (Å²) in [6.07, 6.45) is -4.60. The fourth-order valence-corrected chi connectivity index (χ4v) is 4.52. The number of hydrogen-bond acceptors (Lipinski definition) is 4. The van der Waals surface area contributed by atoms with E-state index in [1.54, 1.807) is 20.8 Å². The van der Waals surface area contributed by atoms with Gasteiger partial charge in [0.15, 0.2) is 5.60 Å². The molecule has 2 aromatic carbocycles. The van der Waals surface area contributed by atoms with Gasteiger partial charge in [0.05, 0.1) is 10.5 Å². The molecular formula is C19H19F3N2O4S. The van der Waals surface area contributed by atoms with Crippen LogP contribution < -0.4 is 10.0 Å². The Bertz CT molecular complexity index is 1070. The molecule has 1 amide bonds. The van der Waals surface area contributed by atoms with Crippen molar-refractivity contribution >= 4 is 21.6 Å². The Morgan fingerprint density at radius 3 is 2.14 bits per heavy atom. The van der Waals surface area contributed by atoms with Crippen molar-refractivity contribution < 1.29 is 31.5 Å². The molecule has 3 N–H and O–H groups in total. The predicted molar refractivity (Wildman–Crippen MR) is 99.6 cm³/mol. The lowest BCUT2D eigenvalue weighted by Crippen LogP contribution is -2.40. The number of carbonyl (C=O) groups is 1. The van der Waals surface area contributed by atoms with E-state index < -0.39 is 38.8 Å². The predicted octanol–water partition coefficient (Wildman–Crippen LogP) is 2.97. The summed E-state index contributed by atoms with van der Waals surface area (Å²) in [6.45, 7) is 5.03. The number of fused-ring (bicyclic) bond motifs is 1. The van der Waals surface area contributed by atoms with Crippen LogP contribution in [0.25, 0.3) is 0 Å². The summed E-state index contributed by atoms with van der Waals surface area (Å²) in [6, 6.07) is 7.50. The van der Waals surface area contributed by atoms with Gasteiger partial charge in [-0.25, -0.2) is 13.1 Å². The lowest BCUT2D eigenvalue weighted by Gasteiger charge is -2.23. The molecule has 2 aromatic rings. The number of anilines is 1. The summed E-state index contributed by atoms with van der Waals surface area (Å²) in [4.78, 5) is 12.3. The fourth-order valence-electron chi connectivity index (χ4n) is 3.10. The van der Waals surface area contributed by atoms with E-state index in [4.69, 9.17) is 0 Å². The highest BCUT2D eigenvalue weighted by molar-refractivity contribution is 7.89. The van der Waals surface area contributed by atoms with Gasteiger partial charge in [-0.15, -0.1) is 0 Å². The van der Waals surface area contributed by atoms with Gasteiger partial charge in [-0.3, -0.25) is 4.79 Å². The summed E-state index contributed by atoms with van der Waals surface area (Å²) >= 11 is 0. The monoisotopic (exact) mass is 428 g/mol. The molecule has 1 aliphatic rings. The maximum Gasteiger partial charge on any atom is 0.416 e. The van der Waals surface area contributed by atoms with Crippen LogP contribution in [0.3, 0.4) is 0 Å². The van der Waals surface area contributed by atoms with Crippen LogP contribution >= 0.6 is 0 Å². The number of aliphatic hydroxyl groups is 1. The molecule has 0 fully saturated rings. The van der Waals surface area contributed by atoms with Gasteiger partial charge in [0.25, 0.3) is 5.91 Å². The van der Waals surface area contributed by atoms with Crippen molar-refractivity contribution in [3.05, 3.63) is 59.2 Å². The van der Waals surface area contributed by atoms with Crippen LogP contribution in [0.4, 0.5) is 18.9 Å². The van der Waals surface area contributed by atoms with E-state index in [1.807, 2.05) is 0 Å². The highest BCUT2D eigenvalue weighted by Gasteiger charge is 2.47. The van der Waals surface area contributed by atoms with Crippen molar-refractivity contribution in [3.8, 4) is 0 Å². The number of nitrogens with one attached hydrogen (secondary N) is 2. The maximum atomic E-state index is 12.9. The van der Waals surface area contributed by atoms with E-state index in [-0.39, 0.29) is 21.7 Å². The molecule has 0 aliphatic carbocycles. The Morgan fingerprint density at radius 2 is 1.62 bits per heavy atom. The third-order valence-electron chi connectivity index (χ3n) is 4.34. The van der Waals surface area contributed by atoms with Gasteiger partial charge in [0, 0.05) is 16.8 Å². The van der Waals surface area contributed by atoms with Gasteiger partial charge in [0.2, 0.25) is 10.0 Å². The second-order valence-corrected chi connectivity index (χ2v) is 9.48. The Balaban J connectivity index is 2.01. The number of rotatable bonds is 3. The molecule has 1 atom stereocenters. The lowest BCUT2D eigenvalue weighted by molar-refractivity contribution is -0.137. The number of hydrogen-bond donors (Lipinski definition) is 3. The summed E-state index contributed by atoms with van der Waals surface area (Å²) in [5, 5.41) is 13.3. The van der Waals surface area contributed by atoms with Crippen molar-refractivity contribution in [2.24, 2.45) is 0 Å². The normalized spacial score (nSPS) is 19.8. The molecule has 0 radical (unpaired) electrons. The Kier molecular flexibility index (Phi) is 4.80. The quantitative estimate of drug-likeness (QED) is 0.701. The van der Waals surface area contributed by atoms with Crippen molar-refractivity contribution in [2.45, 2.75) is 43.0 Å². The molecule has 29 heavy (non-hydrogen) atoms. The van der Waals surface area contributed by atoms with Crippen LogP contribution in [0.5, 0.6) is 0 Å². The Hall–Kier alpha value is -2.43. The average Bonchev–Trinajstić information content (AvgIpc) is 2.83. The highest BCUT2D eigenvalue weighted by Crippen LogP contribution is 2.43. The first-order valence-corrected chi connectivity index (χ1v) is 10.0. The minimum Gasteiger partial charge on any atom is -0.372 e. The van der Waals surface area contributed by atoms with E-state index in [0.29, 0.717) is 0 Å². The SMILES string of the molecule is CC(C)(C)NS(=O)(=O)c1ccc(C2(O)C(=O)Nc3cc(C(F)(F)F)ccc32)cc1. The molecule has 10 heteroatoms. The minimum atomic E-state index is -4.60. The molecule has 1 heterocycles.